The molecular formula is C14H20F3N7. The standard InChI is InChI=1S/C14H20F3N7/c1-2-23(7-14(15,16)17)5-9-3-4-24(6-9)13-21-11(18)10-12(22-13)20-8-19-10/h8-9H,2-7H2,1H3,(H3,18,19,20,21,22). The Morgan fingerprint density at radius 2 is 2.21 bits per heavy atom. The van der Waals surface area contributed by atoms with Crippen LogP contribution in [0.4, 0.5) is 24.9 Å². The van der Waals surface area contributed by atoms with Crippen LogP contribution in [0.25, 0.3) is 11.2 Å². The van der Waals surface area contributed by atoms with Crippen molar-refractivity contribution in [1.29, 1.82) is 0 Å². The highest BCUT2D eigenvalue weighted by Gasteiger charge is 2.33. The van der Waals surface area contributed by atoms with Gasteiger partial charge in [-0.1, -0.05) is 6.92 Å². The van der Waals surface area contributed by atoms with Gasteiger partial charge in [-0.05, 0) is 18.9 Å². The summed E-state index contributed by atoms with van der Waals surface area (Å²) in [5.74, 6) is 0.948. The van der Waals surface area contributed by atoms with E-state index in [1.54, 1.807) is 6.92 Å². The second-order valence-electron chi connectivity index (χ2n) is 6.05. The van der Waals surface area contributed by atoms with Crippen LogP contribution in [-0.4, -0.2) is 63.7 Å². The second kappa shape index (κ2) is 6.42. The van der Waals surface area contributed by atoms with Crippen molar-refractivity contribution in [1.82, 2.24) is 24.8 Å². The quantitative estimate of drug-likeness (QED) is 0.858. The lowest BCUT2D eigenvalue weighted by Gasteiger charge is -2.25. The van der Waals surface area contributed by atoms with Gasteiger partial charge in [-0.3, -0.25) is 4.90 Å². The number of fused-ring (bicyclic) bond motifs is 1. The normalized spacial score (nSPS) is 18.9. The molecule has 0 spiro atoms. The lowest BCUT2D eigenvalue weighted by molar-refractivity contribution is -0.146. The van der Waals surface area contributed by atoms with Gasteiger partial charge in [-0.2, -0.15) is 23.1 Å². The Balaban J connectivity index is 1.65. The first-order valence-electron chi connectivity index (χ1n) is 7.86. The fraction of sp³-hybridized carbons (Fsp3) is 0.643. The highest BCUT2D eigenvalue weighted by molar-refractivity contribution is 5.82. The summed E-state index contributed by atoms with van der Waals surface area (Å²) in [6.07, 6.45) is -1.87. The van der Waals surface area contributed by atoms with Crippen molar-refractivity contribution in [2.45, 2.75) is 19.5 Å². The molecular weight excluding hydrogens is 323 g/mol. The van der Waals surface area contributed by atoms with Crippen molar-refractivity contribution in [3.8, 4) is 0 Å². The Morgan fingerprint density at radius 1 is 1.42 bits per heavy atom. The zero-order valence-electron chi connectivity index (χ0n) is 13.3. The Morgan fingerprint density at radius 3 is 2.92 bits per heavy atom. The Hall–Kier alpha value is -2.10. The summed E-state index contributed by atoms with van der Waals surface area (Å²) in [4.78, 5) is 19.0. The van der Waals surface area contributed by atoms with E-state index >= 15 is 0 Å². The largest absolute Gasteiger partial charge is 0.401 e. The lowest BCUT2D eigenvalue weighted by atomic mass is 10.1. The van der Waals surface area contributed by atoms with E-state index in [9.17, 15) is 13.2 Å². The summed E-state index contributed by atoms with van der Waals surface area (Å²) < 4.78 is 37.7. The van der Waals surface area contributed by atoms with E-state index in [4.69, 9.17) is 5.73 Å². The number of halogens is 3. The number of rotatable bonds is 5. The first-order valence-corrected chi connectivity index (χ1v) is 7.86. The SMILES string of the molecule is CCN(CC1CCN(c2nc(N)c3[nH]cnc3n2)C1)CC(F)(F)F. The van der Waals surface area contributed by atoms with E-state index in [1.165, 1.54) is 11.2 Å². The van der Waals surface area contributed by atoms with Crippen LogP contribution in [0.3, 0.4) is 0 Å². The topological polar surface area (TPSA) is 87.0 Å². The molecule has 0 radical (unpaired) electrons. The zero-order chi connectivity index (χ0) is 17.3. The summed E-state index contributed by atoms with van der Waals surface area (Å²) in [6.45, 7) is 2.97. The third kappa shape index (κ3) is 3.69. The highest BCUT2D eigenvalue weighted by atomic mass is 19.4. The van der Waals surface area contributed by atoms with E-state index < -0.39 is 12.7 Å². The molecule has 7 nitrogen and oxygen atoms in total. The number of aromatic nitrogens is 4. The molecule has 3 heterocycles. The number of hydrogen-bond acceptors (Lipinski definition) is 6. The Kier molecular flexibility index (Phi) is 4.48. The summed E-state index contributed by atoms with van der Waals surface area (Å²) in [6, 6.07) is 0. The van der Waals surface area contributed by atoms with Gasteiger partial charge in [0, 0.05) is 19.6 Å². The van der Waals surface area contributed by atoms with Crippen LogP contribution in [0.2, 0.25) is 0 Å². The minimum absolute atomic E-state index is 0.145. The molecule has 3 N–H and O–H groups in total. The van der Waals surface area contributed by atoms with Crippen LogP contribution in [0.15, 0.2) is 6.33 Å². The third-order valence-corrected chi connectivity index (χ3v) is 4.24. The molecule has 1 fully saturated rings. The van der Waals surface area contributed by atoms with Crippen LogP contribution in [0.5, 0.6) is 0 Å². The van der Waals surface area contributed by atoms with Gasteiger partial charge in [0.1, 0.15) is 5.52 Å². The number of nitrogens with zero attached hydrogens (tertiary/aromatic N) is 5. The molecule has 1 saturated heterocycles. The van der Waals surface area contributed by atoms with Crippen LogP contribution in [-0.2, 0) is 0 Å². The maximum Gasteiger partial charge on any atom is 0.401 e. The molecule has 132 valence electrons. The van der Waals surface area contributed by atoms with Gasteiger partial charge in [-0.25, -0.2) is 4.98 Å². The molecule has 10 heteroatoms. The fourth-order valence-corrected chi connectivity index (χ4v) is 3.07. The van der Waals surface area contributed by atoms with Crippen molar-refractivity contribution in [2.24, 2.45) is 5.92 Å². The van der Waals surface area contributed by atoms with E-state index in [0.717, 1.165) is 6.42 Å². The number of nitrogens with two attached hydrogens (primary N) is 1. The fourth-order valence-electron chi connectivity index (χ4n) is 3.07. The average Bonchev–Trinajstić information content (AvgIpc) is 3.13. The van der Waals surface area contributed by atoms with Crippen molar-refractivity contribution < 1.29 is 13.2 Å². The van der Waals surface area contributed by atoms with Gasteiger partial charge >= 0.3 is 6.18 Å². The number of anilines is 2. The number of H-pyrrole nitrogens is 1. The molecule has 2 aromatic rings. The predicted octanol–water partition coefficient (Wildman–Crippen LogP) is 1.65. The molecule has 1 unspecified atom stereocenters. The van der Waals surface area contributed by atoms with E-state index in [-0.39, 0.29) is 5.92 Å². The van der Waals surface area contributed by atoms with Crippen LogP contribution >= 0.6 is 0 Å². The number of nitrogen functional groups attached to an aromatic ring is 1. The van der Waals surface area contributed by atoms with Gasteiger partial charge in [-0.15, -0.1) is 0 Å². The monoisotopic (exact) mass is 343 g/mol. The summed E-state index contributed by atoms with van der Waals surface area (Å²) >= 11 is 0. The van der Waals surface area contributed by atoms with Crippen molar-refractivity contribution >= 4 is 22.9 Å². The van der Waals surface area contributed by atoms with Gasteiger partial charge in [0.15, 0.2) is 11.5 Å². The van der Waals surface area contributed by atoms with Gasteiger partial charge in [0.05, 0.1) is 12.9 Å². The molecule has 0 aromatic carbocycles. The summed E-state index contributed by atoms with van der Waals surface area (Å²) in [7, 11) is 0. The van der Waals surface area contributed by atoms with Gasteiger partial charge < -0.3 is 15.6 Å². The van der Waals surface area contributed by atoms with Crippen molar-refractivity contribution in [3.05, 3.63) is 6.33 Å². The van der Waals surface area contributed by atoms with Gasteiger partial charge in [0.2, 0.25) is 5.95 Å². The van der Waals surface area contributed by atoms with Crippen molar-refractivity contribution in [3.63, 3.8) is 0 Å². The first kappa shape index (κ1) is 16.7. The summed E-state index contributed by atoms with van der Waals surface area (Å²) in [5, 5.41) is 0. The lowest BCUT2D eigenvalue weighted by Crippen LogP contribution is -2.38. The predicted molar refractivity (Wildman–Crippen MR) is 84.6 cm³/mol. The molecule has 0 saturated carbocycles. The van der Waals surface area contributed by atoms with Crippen molar-refractivity contribution in [2.75, 3.05) is 43.4 Å². The molecule has 1 atom stereocenters. The Bertz CT molecular complexity index is 699. The maximum atomic E-state index is 12.6. The smallest absolute Gasteiger partial charge is 0.382 e. The number of aromatic amines is 1. The number of imidazole rings is 1. The molecule has 2 aromatic heterocycles. The Labute approximate surface area is 137 Å². The summed E-state index contributed by atoms with van der Waals surface area (Å²) in [5.41, 5.74) is 6.98. The minimum Gasteiger partial charge on any atom is -0.382 e. The van der Waals surface area contributed by atoms with E-state index in [2.05, 4.69) is 19.9 Å². The first-order chi connectivity index (χ1) is 11.4. The third-order valence-electron chi connectivity index (χ3n) is 4.24. The molecule has 24 heavy (non-hydrogen) atoms. The second-order valence-corrected chi connectivity index (χ2v) is 6.05. The molecule has 1 aliphatic heterocycles. The molecule has 0 bridgehead atoms. The minimum atomic E-state index is -4.17. The number of alkyl halides is 3. The molecule has 1 aliphatic rings. The molecule has 0 amide bonds. The van der Waals surface area contributed by atoms with E-state index in [0.29, 0.717) is 49.1 Å². The molecule has 3 rings (SSSR count). The average molecular weight is 343 g/mol. The number of nitrogens with one attached hydrogen (secondary N) is 1. The van der Waals surface area contributed by atoms with Crippen LogP contribution in [0, 0.1) is 5.92 Å². The number of hydrogen-bond donors (Lipinski definition) is 2. The van der Waals surface area contributed by atoms with Gasteiger partial charge in [0.25, 0.3) is 0 Å². The van der Waals surface area contributed by atoms with E-state index in [1.807, 2.05) is 4.90 Å². The highest BCUT2D eigenvalue weighted by Crippen LogP contribution is 2.25. The van der Waals surface area contributed by atoms with Crippen LogP contribution < -0.4 is 10.6 Å². The zero-order valence-corrected chi connectivity index (χ0v) is 13.3. The maximum absolute atomic E-state index is 12.6. The van der Waals surface area contributed by atoms with Crippen LogP contribution in [0.1, 0.15) is 13.3 Å². The molecule has 0 aliphatic carbocycles.